The van der Waals surface area contributed by atoms with Crippen molar-refractivity contribution in [3.05, 3.63) is 35.4 Å². The summed E-state index contributed by atoms with van der Waals surface area (Å²) in [5.41, 5.74) is 1.60. The van der Waals surface area contributed by atoms with Gasteiger partial charge in [-0.1, -0.05) is 17.7 Å². The number of carbonyl (C=O) groups excluding carboxylic acids is 2. The van der Waals surface area contributed by atoms with Gasteiger partial charge in [-0.2, -0.15) is 0 Å². The molecule has 1 aromatic rings. The molecule has 1 aromatic carbocycles. The molecule has 0 unspecified atom stereocenters. The number of hydrogen-bond acceptors (Lipinski definition) is 2. The number of likely N-dealkylation sites (N-methyl/N-ethyl adjacent to an activating group) is 1. The van der Waals surface area contributed by atoms with Crippen LogP contribution in [0, 0.1) is 6.92 Å². The van der Waals surface area contributed by atoms with E-state index in [0.29, 0.717) is 5.56 Å². The fourth-order valence-electron chi connectivity index (χ4n) is 1.20. The summed E-state index contributed by atoms with van der Waals surface area (Å²) in [5.74, 6) is -0.347. The van der Waals surface area contributed by atoms with Crippen LogP contribution in [-0.2, 0) is 4.79 Å². The smallest absolute Gasteiger partial charge is 0.251 e. The molecular formula is C12H16N2O2. The maximum atomic E-state index is 11.6. The van der Waals surface area contributed by atoms with E-state index < -0.39 is 0 Å². The standard InChI is InChI=1S/C12H16N2O2/c1-9-5-4-6-10(7-9)12(16)13-8-11(15)14(2)3/h4-7H,8H2,1-3H3,(H,13,16). The van der Waals surface area contributed by atoms with E-state index in [1.165, 1.54) is 4.90 Å². The Morgan fingerprint density at radius 3 is 2.56 bits per heavy atom. The monoisotopic (exact) mass is 220 g/mol. The first-order valence-electron chi connectivity index (χ1n) is 5.05. The minimum Gasteiger partial charge on any atom is -0.347 e. The van der Waals surface area contributed by atoms with Gasteiger partial charge in [0.15, 0.2) is 0 Å². The Bertz CT molecular complexity index is 400. The van der Waals surface area contributed by atoms with Crippen molar-refractivity contribution in [2.45, 2.75) is 6.92 Å². The number of nitrogens with one attached hydrogen (secondary N) is 1. The van der Waals surface area contributed by atoms with Crippen LogP contribution < -0.4 is 5.32 Å². The Balaban J connectivity index is 2.57. The summed E-state index contributed by atoms with van der Waals surface area (Å²) < 4.78 is 0. The van der Waals surface area contributed by atoms with Gasteiger partial charge in [-0.15, -0.1) is 0 Å². The fraction of sp³-hybridized carbons (Fsp3) is 0.333. The second-order valence-electron chi connectivity index (χ2n) is 3.84. The molecule has 86 valence electrons. The highest BCUT2D eigenvalue weighted by atomic mass is 16.2. The van der Waals surface area contributed by atoms with Crippen LogP contribution in [0.5, 0.6) is 0 Å². The van der Waals surface area contributed by atoms with Crippen LogP contribution in [0.25, 0.3) is 0 Å². The normalized spacial score (nSPS) is 9.69. The molecule has 4 heteroatoms. The lowest BCUT2D eigenvalue weighted by Crippen LogP contribution is -2.36. The van der Waals surface area contributed by atoms with Gasteiger partial charge in [-0.05, 0) is 19.1 Å². The topological polar surface area (TPSA) is 49.4 Å². The van der Waals surface area contributed by atoms with E-state index in [-0.39, 0.29) is 18.4 Å². The van der Waals surface area contributed by atoms with Crippen LogP contribution >= 0.6 is 0 Å². The number of benzene rings is 1. The largest absolute Gasteiger partial charge is 0.347 e. The molecule has 0 radical (unpaired) electrons. The molecule has 0 aliphatic heterocycles. The number of rotatable bonds is 3. The van der Waals surface area contributed by atoms with Gasteiger partial charge >= 0.3 is 0 Å². The summed E-state index contributed by atoms with van der Waals surface area (Å²) in [6.45, 7) is 1.95. The van der Waals surface area contributed by atoms with Gasteiger partial charge in [0, 0.05) is 19.7 Å². The van der Waals surface area contributed by atoms with Crippen molar-refractivity contribution in [1.82, 2.24) is 10.2 Å². The van der Waals surface area contributed by atoms with Crippen LogP contribution in [0.4, 0.5) is 0 Å². The first-order valence-corrected chi connectivity index (χ1v) is 5.05. The zero-order chi connectivity index (χ0) is 12.1. The quantitative estimate of drug-likeness (QED) is 0.819. The molecule has 0 spiro atoms. The highest BCUT2D eigenvalue weighted by Crippen LogP contribution is 2.03. The fourth-order valence-corrected chi connectivity index (χ4v) is 1.20. The molecule has 0 heterocycles. The van der Waals surface area contributed by atoms with Gasteiger partial charge in [0.1, 0.15) is 0 Å². The first kappa shape index (κ1) is 12.2. The van der Waals surface area contributed by atoms with Crippen molar-refractivity contribution < 1.29 is 9.59 Å². The number of carbonyl (C=O) groups is 2. The molecule has 0 saturated heterocycles. The van der Waals surface area contributed by atoms with E-state index in [4.69, 9.17) is 0 Å². The summed E-state index contributed by atoms with van der Waals surface area (Å²) in [6, 6.07) is 7.25. The Hall–Kier alpha value is -1.84. The van der Waals surface area contributed by atoms with Crippen molar-refractivity contribution in [2.75, 3.05) is 20.6 Å². The average Bonchev–Trinajstić information content (AvgIpc) is 2.25. The summed E-state index contributed by atoms with van der Waals surface area (Å²) in [6.07, 6.45) is 0. The van der Waals surface area contributed by atoms with Crippen molar-refractivity contribution in [1.29, 1.82) is 0 Å². The van der Waals surface area contributed by atoms with Crippen molar-refractivity contribution >= 4 is 11.8 Å². The van der Waals surface area contributed by atoms with E-state index in [9.17, 15) is 9.59 Å². The lowest BCUT2D eigenvalue weighted by Gasteiger charge is -2.11. The summed E-state index contributed by atoms with van der Waals surface area (Å²) in [4.78, 5) is 24.3. The molecule has 0 saturated carbocycles. The third-order valence-corrected chi connectivity index (χ3v) is 2.18. The minimum absolute atomic E-state index is 0.0276. The van der Waals surface area contributed by atoms with Crippen LogP contribution in [0.2, 0.25) is 0 Å². The number of hydrogen-bond donors (Lipinski definition) is 1. The van der Waals surface area contributed by atoms with Gasteiger partial charge in [0.2, 0.25) is 5.91 Å². The van der Waals surface area contributed by atoms with Gasteiger partial charge in [0.25, 0.3) is 5.91 Å². The Labute approximate surface area is 95.3 Å². The van der Waals surface area contributed by atoms with Gasteiger partial charge in [-0.3, -0.25) is 9.59 Å². The third-order valence-electron chi connectivity index (χ3n) is 2.18. The maximum Gasteiger partial charge on any atom is 0.251 e. The lowest BCUT2D eigenvalue weighted by molar-refractivity contribution is -0.127. The molecule has 0 aliphatic rings. The predicted octanol–water partition coefficient (Wildman–Crippen LogP) is 0.813. The second-order valence-corrected chi connectivity index (χ2v) is 3.84. The SMILES string of the molecule is Cc1cccc(C(=O)NCC(=O)N(C)C)c1. The van der Waals surface area contributed by atoms with Crippen LogP contribution in [0.15, 0.2) is 24.3 Å². The van der Waals surface area contributed by atoms with E-state index in [1.54, 1.807) is 26.2 Å². The first-order chi connectivity index (χ1) is 7.50. The van der Waals surface area contributed by atoms with E-state index >= 15 is 0 Å². The summed E-state index contributed by atoms with van der Waals surface area (Å²) in [7, 11) is 3.31. The van der Waals surface area contributed by atoms with Crippen molar-refractivity contribution in [3.63, 3.8) is 0 Å². The van der Waals surface area contributed by atoms with Gasteiger partial charge in [-0.25, -0.2) is 0 Å². The van der Waals surface area contributed by atoms with Crippen LogP contribution in [0.3, 0.4) is 0 Å². The summed E-state index contributed by atoms with van der Waals surface area (Å²) in [5, 5.41) is 2.58. The molecule has 2 amide bonds. The molecule has 0 atom stereocenters. The molecule has 16 heavy (non-hydrogen) atoms. The Kier molecular flexibility index (Phi) is 4.05. The zero-order valence-corrected chi connectivity index (χ0v) is 9.78. The Morgan fingerprint density at radius 1 is 1.31 bits per heavy atom. The van der Waals surface area contributed by atoms with E-state index in [1.807, 2.05) is 19.1 Å². The molecule has 1 rings (SSSR count). The number of nitrogens with zero attached hydrogens (tertiary/aromatic N) is 1. The van der Waals surface area contributed by atoms with Crippen molar-refractivity contribution in [2.24, 2.45) is 0 Å². The molecule has 0 bridgehead atoms. The van der Waals surface area contributed by atoms with E-state index in [0.717, 1.165) is 5.56 Å². The number of aryl methyl sites for hydroxylation is 1. The average molecular weight is 220 g/mol. The van der Waals surface area contributed by atoms with Gasteiger partial charge < -0.3 is 10.2 Å². The lowest BCUT2D eigenvalue weighted by atomic mass is 10.1. The van der Waals surface area contributed by atoms with Gasteiger partial charge in [0.05, 0.1) is 6.54 Å². The highest BCUT2D eigenvalue weighted by molar-refractivity contribution is 5.96. The second kappa shape index (κ2) is 5.30. The molecular weight excluding hydrogens is 204 g/mol. The Morgan fingerprint density at radius 2 is 2.00 bits per heavy atom. The molecule has 0 fully saturated rings. The number of amides is 2. The van der Waals surface area contributed by atoms with E-state index in [2.05, 4.69) is 5.32 Å². The minimum atomic E-state index is -0.223. The zero-order valence-electron chi connectivity index (χ0n) is 9.78. The molecule has 1 N–H and O–H groups in total. The maximum absolute atomic E-state index is 11.6. The highest BCUT2D eigenvalue weighted by Gasteiger charge is 2.08. The van der Waals surface area contributed by atoms with Crippen molar-refractivity contribution in [3.8, 4) is 0 Å². The molecule has 0 aliphatic carbocycles. The van der Waals surface area contributed by atoms with Crippen LogP contribution in [-0.4, -0.2) is 37.4 Å². The van der Waals surface area contributed by atoms with Crippen LogP contribution in [0.1, 0.15) is 15.9 Å². The molecule has 0 aromatic heterocycles. The summed E-state index contributed by atoms with van der Waals surface area (Å²) >= 11 is 0. The third kappa shape index (κ3) is 3.38. The molecule has 4 nitrogen and oxygen atoms in total. The predicted molar refractivity (Wildman–Crippen MR) is 62.2 cm³/mol.